The fourth-order valence-corrected chi connectivity index (χ4v) is 2.89. The highest BCUT2D eigenvalue weighted by atomic mass is 16.2. The normalized spacial score (nSPS) is 16.3. The van der Waals surface area contributed by atoms with Crippen LogP contribution in [0.2, 0.25) is 0 Å². The molecule has 1 heterocycles. The molecule has 0 unspecified atom stereocenters. The summed E-state index contributed by atoms with van der Waals surface area (Å²) < 4.78 is 0. The molecule has 2 rings (SSSR count). The zero-order valence-electron chi connectivity index (χ0n) is 12.3. The van der Waals surface area contributed by atoms with Crippen LogP contribution in [0.25, 0.3) is 0 Å². The molecule has 110 valence electrons. The molecule has 4 heteroatoms. The Labute approximate surface area is 121 Å². The Morgan fingerprint density at radius 2 is 2.20 bits per heavy atom. The summed E-state index contributed by atoms with van der Waals surface area (Å²) in [6, 6.07) is 4.46. The predicted molar refractivity (Wildman–Crippen MR) is 80.2 cm³/mol. The molecule has 1 saturated carbocycles. The third-order valence-electron chi connectivity index (χ3n) is 4.06. The lowest BCUT2D eigenvalue weighted by atomic mass is 9.94. The first kappa shape index (κ1) is 15.0. The van der Waals surface area contributed by atoms with Gasteiger partial charge in [0.1, 0.15) is 0 Å². The number of nitrogens with zero attached hydrogens (tertiary/aromatic N) is 2. The van der Waals surface area contributed by atoms with E-state index in [-0.39, 0.29) is 5.91 Å². The van der Waals surface area contributed by atoms with Crippen LogP contribution in [0.5, 0.6) is 0 Å². The molecule has 0 aromatic carbocycles. The van der Waals surface area contributed by atoms with Crippen molar-refractivity contribution in [2.75, 3.05) is 13.1 Å². The van der Waals surface area contributed by atoms with Gasteiger partial charge in [0.05, 0.1) is 6.54 Å². The summed E-state index contributed by atoms with van der Waals surface area (Å²) in [6.45, 7) is 4.17. The Balaban J connectivity index is 1.77. The minimum Gasteiger partial charge on any atom is -0.351 e. The molecule has 1 aliphatic rings. The van der Waals surface area contributed by atoms with Crippen LogP contribution in [0.4, 0.5) is 0 Å². The van der Waals surface area contributed by atoms with Gasteiger partial charge in [0.2, 0.25) is 5.91 Å². The largest absolute Gasteiger partial charge is 0.351 e. The molecule has 20 heavy (non-hydrogen) atoms. The highest BCUT2D eigenvalue weighted by Gasteiger charge is 2.21. The minimum atomic E-state index is 0.112. The van der Waals surface area contributed by atoms with Crippen molar-refractivity contribution in [1.82, 2.24) is 15.2 Å². The van der Waals surface area contributed by atoms with Crippen LogP contribution >= 0.6 is 0 Å². The van der Waals surface area contributed by atoms with Crippen molar-refractivity contribution in [3.05, 3.63) is 30.1 Å². The SMILES string of the molecule is CCN(CC(=O)NCc1cccnc1)C1CCCCC1. The molecular weight excluding hydrogens is 250 g/mol. The number of likely N-dealkylation sites (N-methyl/N-ethyl adjacent to an activating group) is 1. The van der Waals surface area contributed by atoms with Crippen molar-refractivity contribution >= 4 is 5.91 Å². The molecule has 0 bridgehead atoms. The van der Waals surface area contributed by atoms with Crippen molar-refractivity contribution in [2.24, 2.45) is 0 Å². The van der Waals surface area contributed by atoms with E-state index in [2.05, 4.69) is 22.1 Å². The van der Waals surface area contributed by atoms with Crippen molar-refractivity contribution in [3.63, 3.8) is 0 Å². The maximum Gasteiger partial charge on any atom is 0.234 e. The van der Waals surface area contributed by atoms with Crippen molar-refractivity contribution in [3.8, 4) is 0 Å². The van der Waals surface area contributed by atoms with E-state index >= 15 is 0 Å². The fraction of sp³-hybridized carbons (Fsp3) is 0.625. The Kier molecular flexibility index (Phi) is 5.99. The van der Waals surface area contributed by atoms with Gasteiger partial charge in [0.15, 0.2) is 0 Å². The van der Waals surface area contributed by atoms with E-state index < -0.39 is 0 Å². The molecule has 0 saturated heterocycles. The number of aromatic nitrogens is 1. The second-order valence-corrected chi connectivity index (χ2v) is 5.49. The van der Waals surface area contributed by atoms with Gasteiger partial charge < -0.3 is 5.32 Å². The number of amides is 1. The van der Waals surface area contributed by atoms with E-state index in [9.17, 15) is 4.79 Å². The maximum absolute atomic E-state index is 12.1. The first-order valence-corrected chi connectivity index (χ1v) is 7.69. The lowest BCUT2D eigenvalue weighted by Gasteiger charge is -2.32. The fourth-order valence-electron chi connectivity index (χ4n) is 2.89. The second kappa shape index (κ2) is 8.00. The Morgan fingerprint density at radius 3 is 2.85 bits per heavy atom. The number of rotatable bonds is 6. The van der Waals surface area contributed by atoms with E-state index in [1.807, 2.05) is 12.1 Å². The molecular formula is C16H25N3O. The van der Waals surface area contributed by atoms with E-state index in [1.54, 1.807) is 12.4 Å². The topological polar surface area (TPSA) is 45.2 Å². The molecule has 1 aromatic heterocycles. The van der Waals surface area contributed by atoms with E-state index in [0.29, 0.717) is 19.1 Å². The number of carbonyl (C=O) groups is 1. The summed E-state index contributed by atoms with van der Waals surface area (Å²) in [6.07, 6.45) is 9.97. The van der Waals surface area contributed by atoms with Crippen LogP contribution in [0.3, 0.4) is 0 Å². The molecule has 1 amide bonds. The number of carbonyl (C=O) groups excluding carboxylic acids is 1. The maximum atomic E-state index is 12.1. The van der Waals surface area contributed by atoms with Gasteiger partial charge in [0.25, 0.3) is 0 Å². The molecule has 0 atom stereocenters. The van der Waals surface area contributed by atoms with Gasteiger partial charge in [-0.05, 0) is 31.0 Å². The van der Waals surface area contributed by atoms with Gasteiger partial charge in [0, 0.05) is 25.0 Å². The van der Waals surface area contributed by atoms with Gasteiger partial charge in [-0.25, -0.2) is 0 Å². The third kappa shape index (κ3) is 4.60. The first-order valence-electron chi connectivity index (χ1n) is 7.69. The molecule has 1 fully saturated rings. The molecule has 4 nitrogen and oxygen atoms in total. The monoisotopic (exact) mass is 275 g/mol. The zero-order chi connectivity index (χ0) is 14.2. The van der Waals surface area contributed by atoms with Gasteiger partial charge >= 0.3 is 0 Å². The number of nitrogens with one attached hydrogen (secondary N) is 1. The van der Waals surface area contributed by atoms with Gasteiger partial charge in [-0.3, -0.25) is 14.7 Å². The highest BCUT2D eigenvalue weighted by molar-refractivity contribution is 5.78. The van der Waals surface area contributed by atoms with Gasteiger partial charge in [-0.15, -0.1) is 0 Å². The molecule has 1 N–H and O–H groups in total. The third-order valence-corrected chi connectivity index (χ3v) is 4.06. The molecule has 1 aromatic rings. The minimum absolute atomic E-state index is 0.112. The van der Waals surface area contributed by atoms with E-state index in [0.717, 1.165) is 12.1 Å². The summed E-state index contributed by atoms with van der Waals surface area (Å²) in [5.41, 5.74) is 1.04. The number of hydrogen-bond donors (Lipinski definition) is 1. The van der Waals surface area contributed by atoms with E-state index in [1.165, 1.54) is 32.1 Å². The van der Waals surface area contributed by atoms with Crippen LogP contribution in [0.1, 0.15) is 44.6 Å². The Bertz CT molecular complexity index is 401. The van der Waals surface area contributed by atoms with Crippen LogP contribution in [0.15, 0.2) is 24.5 Å². The Morgan fingerprint density at radius 1 is 1.40 bits per heavy atom. The van der Waals surface area contributed by atoms with Crippen molar-refractivity contribution in [2.45, 2.75) is 51.6 Å². The van der Waals surface area contributed by atoms with Crippen molar-refractivity contribution < 1.29 is 4.79 Å². The standard InChI is InChI=1S/C16H25N3O/c1-2-19(15-8-4-3-5-9-15)13-16(20)18-12-14-7-6-10-17-11-14/h6-7,10-11,15H,2-5,8-9,12-13H2,1H3,(H,18,20). The number of hydrogen-bond acceptors (Lipinski definition) is 3. The molecule has 0 radical (unpaired) electrons. The summed E-state index contributed by atoms with van der Waals surface area (Å²) >= 11 is 0. The van der Waals surface area contributed by atoms with Crippen LogP contribution in [0, 0.1) is 0 Å². The second-order valence-electron chi connectivity index (χ2n) is 5.49. The van der Waals surface area contributed by atoms with Crippen LogP contribution in [-0.2, 0) is 11.3 Å². The molecule has 0 spiro atoms. The average Bonchev–Trinajstić information content (AvgIpc) is 2.52. The van der Waals surface area contributed by atoms with Crippen molar-refractivity contribution in [1.29, 1.82) is 0 Å². The smallest absolute Gasteiger partial charge is 0.234 e. The predicted octanol–water partition coefficient (Wildman–Crippen LogP) is 2.35. The summed E-state index contributed by atoms with van der Waals surface area (Å²) in [5.74, 6) is 0.112. The average molecular weight is 275 g/mol. The lowest BCUT2D eigenvalue weighted by Crippen LogP contribution is -2.43. The van der Waals surface area contributed by atoms with Gasteiger partial charge in [-0.1, -0.05) is 32.3 Å². The Hall–Kier alpha value is -1.42. The summed E-state index contributed by atoms with van der Waals surface area (Å²) in [4.78, 5) is 18.4. The molecule has 0 aliphatic heterocycles. The summed E-state index contributed by atoms with van der Waals surface area (Å²) in [5, 5.41) is 2.98. The van der Waals surface area contributed by atoms with Crippen LogP contribution in [-0.4, -0.2) is 34.9 Å². The first-order chi connectivity index (χ1) is 9.79. The lowest BCUT2D eigenvalue weighted by molar-refractivity contribution is -0.123. The summed E-state index contributed by atoms with van der Waals surface area (Å²) in [7, 11) is 0. The number of pyridine rings is 1. The highest BCUT2D eigenvalue weighted by Crippen LogP contribution is 2.22. The van der Waals surface area contributed by atoms with Gasteiger partial charge in [-0.2, -0.15) is 0 Å². The van der Waals surface area contributed by atoms with Crippen LogP contribution < -0.4 is 5.32 Å². The molecule has 1 aliphatic carbocycles. The van der Waals surface area contributed by atoms with E-state index in [4.69, 9.17) is 0 Å². The quantitative estimate of drug-likeness (QED) is 0.867. The zero-order valence-corrected chi connectivity index (χ0v) is 12.3.